The summed E-state index contributed by atoms with van der Waals surface area (Å²) in [6.07, 6.45) is 7.74. The Bertz CT molecular complexity index is 549. The number of thiocarbonyl (C=S) groups is 1. The number of benzene rings is 1. The average Bonchev–Trinajstić information content (AvgIpc) is 2.58. The monoisotopic (exact) mass is 361 g/mol. The first-order chi connectivity index (χ1) is 12.2. The second-order valence-electron chi connectivity index (χ2n) is 7.20. The van der Waals surface area contributed by atoms with E-state index in [1.54, 1.807) is 0 Å². The molecule has 3 rings (SSSR count). The van der Waals surface area contributed by atoms with Gasteiger partial charge in [0.05, 0.1) is 6.61 Å². The molecule has 2 fully saturated rings. The van der Waals surface area contributed by atoms with E-state index in [9.17, 15) is 0 Å². The molecule has 2 aliphatic rings. The first kappa shape index (κ1) is 18.5. The average molecular weight is 362 g/mol. The van der Waals surface area contributed by atoms with Crippen LogP contribution in [-0.4, -0.2) is 41.3 Å². The van der Waals surface area contributed by atoms with Gasteiger partial charge in [0, 0.05) is 23.8 Å². The summed E-state index contributed by atoms with van der Waals surface area (Å²) in [5.41, 5.74) is 1.00. The standard InChI is InChI=1S/C20H31N3OS/c1-3-12-23-17-6-5-7-18(23)14-16(13-17)22-20(25)21-15-8-10-19(11-9-15)24-4-2/h8-11,16-18H,3-7,12-14H2,1-2H3,(H2,21,22,25)/t16?,17-,18+. The van der Waals surface area contributed by atoms with Gasteiger partial charge >= 0.3 is 0 Å². The number of ether oxygens (including phenoxy) is 1. The Morgan fingerprint density at radius 3 is 2.44 bits per heavy atom. The Morgan fingerprint density at radius 1 is 1.16 bits per heavy atom. The first-order valence-corrected chi connectivity index (χ1v) is 10.2. The van der Waals surface area contributed by atoms with Gasteiger partial charge < -0.3 is 15.4 Å². The molecule has 2 heterocycles. The van der Waals surface area contributed by atoms with Crippen molar-refractivity contribution in [3.05, 3.63) is 24.3 Å². The lowest BCUT2D eigenvalue weighted by molar-refractivity contribution is 0.0284. The largest absolute Gasteiger partial charge is 0.494 e. The van der Waals surface area contributed by atoms with Crippen LogP contribution in [0.1, 0.15) is 52.4 Å². The Balaban J connectivity index is 1.51. The number of hydrogen-bond donors (Lipinski definition) is 2. The van der Waals surface area contributed by atoms with Crippen molar-refractivity contribution in [3.63, 3.8) is 0 Å². The smallest absolute Gasteiger partial charge is 0.170 e. The topological polar surface area (TPSA) is 36.5 Å². The van der Waals surface area contributed by atoms with Crippen molar-refractivity contribution >= 4 is 23.0 Å². The zero-order valence-corrected chi connectivity index (χ0v) is 16.3. The van der Waals surface area contributed by atoms with Crippen LogP contribution in [0.4, 0.5) is 5.69 Å². The third kappa shape index (κ3) is 4.85. The van der Waals surface area contributed by atoms with Crippen LogP contribution in [0.15, 0.2) is 24.3 Å². The lowest BCUT2D eigenvalue weighted by Gasteiger charge is -2.49. The molecule has 0 spiro atoms. The van der Waals surface area contributed by atoms with E-state index in [4.69, 9.17) is 17.0 Å². The van der Waals surface area contributed by atoms with Crippen LogP contribution in [0.25, 0.3) is 0 Å². The molecule has 3 atom stereocenters. The molecule has 2 N–H and O–H groups in total. The molecule has 5 heteroatoms. The molecule has 0 radical (unpaired) electrons. The maximum atomic E-state index is 5.55. The predicted octanol–water partition coefficient (Wildman–Crippen LogP) is 4.17. The zero-order valence-electron chi connectivity index (χ0n) is 15.5. The van der Waals surface area contributed by atoms with Crippen molar-refractivity contribution in [2.24, 2.45) is 0 Å². The predicted molar refractivity (Wildman–Crippen MR) is 108 cm³/mol. The molecule has 4 nitrogen and oxygen atoms in total. The second-order valence-corrected chi connectivity index (χ2v) is 7.61. The number of anilines is 1. The molecule has 2 bridgehead atoms. The Kier molecular flexibility index (Phi) is 6.54. The van der Waals surface area contributed by atoms with E-state index < -0.39 is 0 Å². The van der Waals surface area contributed by atoms with Gasteiger partial charge in [-0.25, -0.2) is 0 Å². The van der Waals surface area contributed by atoms with Gasteiger partial charge in [-0.1, -0.05) is 13.3 Å². The van der Waals surface area contributed by atoms with Gasteiger partial charge in [-0.2, -0.15) is 0 Å². The van der Waals surface area contributed by atoms with E-state index >= 15 is 0 Å². The van der Waals surface area contributed by atoms with Crippen molar-refractivity contribution in [3.8, 4) is 5.75 Å². The summed E-state index contributed by atoms with van der Waals surface area (Å²) in [6.45, 7) is 6.21. The van der Waals surface area contributed by atoms with Crippen molar-refractivity contribution in [1.29, 1.82) is 0 Å². The molecule has 0 amide bonds. The highest BCUT2D eigenvalue weighted by atomic mass is 32.1. The zero-order chi connectivity index (χ0) is 17.6. The molecule has 0 saturated carbocycles. The van der Waals surface area contributed by atoms with Crippen LogP contribution >= 0.6 is 12.2 Å². The van der Waals surface area contributed by atoms with E-state index in [1.807, 2.05) is 31.2 Å². The third-order valence-electron chi connectivity index (χ3n) is 5.37. The molecule has 25 heavy (non-hydrogen) atoms. The molecule has 1 unspecified atom stereocenters. The van der Waals surface area contributed by atoms with Crippen LogP contribution in [0.2, 0.25) is 0 Å². The second kappa shape index (κ2) is 8.86. The van der Waals surface area contributed by atoms with Gasteiger partial charge in [0.15, 0.2) is 5.11 Å². The molecule has 2 aliphatic heterocycles. The Morgan fingerprint density at radius 2 is 1.84 bits per heavy atom. The fraction of sp³-hybridized carbons (Fsp3) is 0.650. The lowest BCUT2D eigenvalue weighted by atomic mass is 9.81. The van der Waals surface area contributed by atoms with E-state index in [0.29, 0.717) is 12.6 Å². The summed E-state index contributed by atoms with van der Waals surface area (Å²) in [4.78, 5) is 2.75. The number of fused-ring (bicyclic) bond motifs is 2. The van der Waals surface area contributed by atoms with Gasteiger partial charge in [-0.3, -0.25) is 4.90 Å². The molecule has 1 aromatic carbocycles. The fourth-order valence-corrected chi connectivity index (χ4v) is 4.66. The van der Waals surface area contributed by atoms with Gasteiger partial charge in [-0.05, 0) is 82.1 Å². The van der Waals surface area contributed by atoms with Crippen LogP contribution in [0.5, 0.6) is 5.75 Å². The van der Waals surface area contributed by atoms with Gasteiger partial charge in [0.2, 0.25) is 0 Å². The van der Waals surface area contributed by atoms with Gasteiger partial charge in [0.25, 0.3) is 0 Å². The maximum absolute atomic E-state index is 5.55. The minimum atomic E-state index is 0.492. The molecule has 2 saturated heterocycles. The van der Waals surface area contributed by atoms with Crippen molar-refractivity contribution in [2.45, 2.75) is 70.5 Å². The molecular formula is C20H31N3OS. The third-order valence-corrected chi connectivity index (χ3v) is 5.59. The molecule has 0 aromatic heterocycles. The van der Waals surface area contributed by atoms with E-state index in [2.05, 4.69) is 22.5 Å². The first-order valence-electron chi connectivity index (χ1n) is 9.75. The van der Waals surface area contributed by atoms with Crippen molar-refractivity contribution in [2.75, 3.05) is 18.5 Å². The van der Waals surface area contributed by atoms with E-state index in [-0.39, 0.29) is 0 Å². The summed E-state index contributed by atoms with van der Waals surface area (Å²) < 4.78 is 5.48. The van der Waals surface area contributed by atoms with E-state index in [1.165, 1.54) is 45.1 Å². The Hall–Kier alpha value is -1.33. The van der Waals surface area contributed by atoms with Gasteiger partial charge in [-0.15, -0.1) is 0 Å². The summed E-state index contributed by atoms with van der Waals surface area (Å²) >= 11 is 5.55. The summed E-state index contributed by atoms with van der Waals surface area (Å²) in [5.74, 6) is 0.892. The molecule has 0 aliphatic carbocycles. The van der Waals surface area contributed by atoms with Crippen molar-refractivity contribution < 1.29 is 4.74 Å². The molecule has 138 valence electrons. The summed E-state index contributed by atoms with van der Waals surface area (Å²) in [6, 6.07) is 9.93. The van der Waals surface area contributed by atoms with Crippen LogP contribution in [-0.2, 0) is 0 Å². The van der Waals surface area contributed by atoms with Crippen molar-refractivity contribution in [1.82, 2.24) is 10.2 Å². The fourth-order valence-electron chi connectivity index (χ4n) is 4.37. The highest BCUT2D eigenvalue weighted by Crippen LogP contribution is 2.34. The number of nitrogens with zero attached hydrogens (tertiary/aromatic N) is 1. The number of hydrogen-bond acceptors (Lipinski definition) is 3. The quantitative estimate of drug-likeness (QED) is 0.744. The minimum Gasteiger partial charge on any atom is -0.494 e. The van der Waals surface area contributed by atoms with Gasteiger partial charge in [0.1, 0.15) is 5.75 Å². The number of nitrogens with one attached hydrogen (secondary N) is 2. The maximum Gasteiger partial charge on any atom is 0.170 e. The molecule has 1 aromatic rings. The normalized spacial score (nSPS) is 26.1. The Labute approximate surface area is 157 Å². The SMILES string of the molecule is CCCN1[C@@H]2CCC[C@H]1CC(NC(=S)Nc1ccc(OCC)cc1)C2. The minimum absolute atomic E-state index is 0.492. The molecular weight excluding hydrogens is 330 g/mol. The highest BCUT2D eigenvalue weighted by Gasteiger charge is 2.37. The number of rotatable bonds is 6. The lowest BCUT2D eigenvalue weighted by Crippen LogP contribution is -2.57. The van der Waals surface area contributed by atoms with E-state index in [0.717, 1.165) is 28.6 Å². The highest BCUT2D eigenvalue weighted by molar-refractivity contribution is 7.80. The van der Waals surface area contributed by atoms with Crippen LogP contribution in [0, 0.1) is 0 Å². The van der Waals surface area contributed by atoms with Crippen LogP contribution in [0.3, 0.4) is 0 Å². The summed E-state index contributed by atoms with van der Waals surface area (Å²) in [5, 5.41) is 7.61. The number of piperidine rings is 2. The summed E-state index contributed by atoms with van der Waals surface area (Å²) in [7, 11) is 0. The van der Waals surface area contributed by atoms with Crippen LogP contribution < -0.4 is 15.4 Å².